The minimum absolute atomic E-state index is 0.0820. The van der Waals surface area contributed by atoms with Crippen molar-refractivity contribution in [1.29, 1.82) is 0 Å². The van der Waals surface area contributed by atoms with Gasteiger partial charge in [0.2, 0.25) is 0 Å². The molecule has 0 aliphatic carbocycles. The second-order valence-corrected chi connectivity index (χ2v) is 4.72. The predicted octanol–water partition coefficient (Wildman–Crippen LogP) is 4.23. The van der Waals surface area contributed by atoms with Crippen LogP contribution in [0, 0.1) is 11.6 Å². The third kappa shape index (κ3) is 3.05. The van der Waals surface area contributed by atoms with Crippen molar-refractivity contribution < 1.29 is 8.78 Å². The number of halogens is 2. The molecule has 2 aromatic rings. The van der Waals surface area contributed by atoms with E-state index in [4.69, 9.17) is 0 Å². The van der Waals surface area contributed by atoms with Gasteiger partial charge in [-0.2, -0.15) is 0 Å². The molecule has 0 spiro atoms. The van der Waals surface area contributed by atoms with E-state index in [1.165, 1.54) is 23.8 Å². The summed E-state index contributed by atoms with van der Waals surface area (Å²) in [6.45, 7) is 4.63. The fourth-order valence-corrected chi connectivity index (χ4v) is 2.32. The highest BCUT2D eigenvalue weighted by Crippen LogP contribution is 2.27. The molecule has 1 N–H and O–H groups in total. The van der Waals surface area contributed by atoms with Crippen molar-refractivity contribution in [3.8, 4) is 0 Å². The molecular weight excluding hydrogens is 256 g/mol. The molecule has 20 heavy (non-hydrogen) atoms. The van der Waals surface area contributed by atoms with E-state index in [0.717, 1.165) is 12.0 Å². The van der Waals surface area contributed by atoms with Crippen molar-refractivity contribution in [3.63, 3.8) is 0 Å². The quantitative estimate of drug-likeness (QED) is 0.861. The van der Waals surface area contributed by atoms with Gasteiger partial charge in [-0.3, -0.25) is 0 Å². The number of benzene rings is 2. The average Bonchev–Trinajstić information content (AvgIpc) is 2.46. The molecule has 2 aromatic carbocycles. The van der Waals surface area contributed by atoms with Crippen molar-refractivity contribution in [2.24, 2.45) is 0 Å². The van der Waals surface area contributed by atoms with E-state index in [2.05, 4.69) is 12.2 Å². The highest BCUT2D eigenvalue weighted by atomic mass is 19.1. The van der Waals surface area contributed by atoms with Gasteiger partial charge in [0.1, 0.15) is 11.6 Å². The standard InChI is InChI=1S/C17H19F2N/c1-3-12-8-10-13(11-9-12)17(20-4-2)16-14(18)6-5-7-15(16)19/h5-11,17,20H,3-4H2,1-2H3. The van der Waals surface area contributed by atoms with Crippen molar-refractivity contribution in [2.45, 2.75) is 26.3 Å². The van der Waals surface area contributed by atoms with Gasteiger partial charge in [0.25, 0.3) is 0 Å². The lowest BCUT2D eigenvalue weighted by atomic mass is 9.96. The first-order valence-corrected chi connectivity index (χ1v) is 6.93. The summed E-state index contributed by atoms with van der Waals surface area (Å²) in [6, 6.07) is 11.4. The molecule has 0 bridgehead atoms. The molecule has 0 fully saturated rings. The minimum Gasteiger partial charge on any atom is -0.306 e. The molecule has 3 heteroatoms. The molecule has 0 aliphatic rings. The number of aryl methyl sites for hydroxylation is 1. The van der Waals surface area contributed by atoms with Crippen LogP contribution in [0.4, 0.5) is 8.78 Å². The lowest BCUT2D eigenvalue weighted by molar-refractivity contribution is 0.510. The van der Waals surface area contributed by atoms with Crippen molar-refractivity contribution in [3.05, 3.63) is 70.8 Å². The third-order valence-corrected chi connectivity index (χ3v) is 3.42. The molecule has 0 amide bonds. The maximum absolute atomic E-state index is 14.0. The van der Waals surface area contributed by atoms with Gasteiger partial charge < -0.3 is 5.32 Å². The van der Waals surface area contributed by atoms with Crippen molar-refractivity contribution >= 4 is 0 Å². The second-order valence-electron chi connectivity index (χ2n) is 4.72. The van der Waals surface area contributed by atoms with Crippen LogP contribution in [0.2, 0.25) is 0 Å². The van der Waals surface area contributed by atoms with Crippen LogP contribution in [0.3, 0.4) is 0 Å². The molecular formula is C17H19F2N. The minimum atomic E-state index is -0.518. The van der Waals surface area contributed by atoms with Gasteiger partial charge in [-0.15, -0.1) is 0 Å². The maximum Gasteiger partial charge on any atom is 0.131 e. The van der Waals surface area contributed by atoms with Gasteiger partial charge in [-0.05, 0) is 36.2 Å². The summed E-state index contributed by atoms with van der Waals surface area (Å²) in [4.78, 5) is 0. The van der Waals surface area contributed by atoms with Crippen molar-refractivity contribution in [1.82, 2.24) is 5.32 Å². The summed E-state index contributed by atoms with van der Waals surface area (Å²) in [6.07, 6.45) is 0.945. The molecule has 0 saturated heterocycles. The fraction of sp³-hybridized carbons (Fsp3) is 0.294. The average molecular weight is 275 g/mol. The van der Waals surface area contributed by atoms with E-state index < -0.39 is 17.7 Å². The number of nitrogens with one attached hydrogen (secondary N) is 1. The zero-order chi connectivity index (χ0) is 14.5. The van der Waals surface area contributed by atoms with Crippen LogP contribution in [0.1, 0.15) is 36.6 Å². The monoisotopic (exact) mass is 275 g/mol. The molecule has 1 unspecified atom stereocenters. The molecule has 0 radical (unpaired) electrons. The molecule has 0 aromatic heterocycles. The zero-order valence-electron chi connectivity index (χ0n) is 11.8. The highest BCUT2D eigenvalue weighted by Gasteiger charge is 2.20. The van der Waals surface area contributed by atoms with E-state index in [0.29, 0.717) is 6.54 Å². The van der Waals surface area contributed by atoms with Crippen LogP contribution in [-0.2, 0) is 6.42 Å². The molecule has 1 nitrogen and oxygen atoms in total. The second kappa shape index (κ2) is 6.62. The number of hydrogen-bond acceptors (Lipinski definition) is 1. The first-order chi connectivity index (χ1) is 9.67. The zero-order valence-corrected chi connectivity index (χ0v) is 11.8. The Labute approximate surface area is 118 Å². The highest BCUT2D eigenvalue weighted by molar-refractivity contribution is 5.35. The fourth-order valence-electron chi connectivity index (χ4n) is 2.32. The third-order valence-electron chi connectivity index (χ3n) is 3.42. The molecule has 0 aliphatic heterocycles. The van der Waals surface area contributed by atoms with E-state index >= 15 is 0 Å². The summed E-state index contributed by atoms with van der Waals surface area (Å²) in [5.74, 6) is -1.04. The lowest BCUT2D eigenvalue weighted by Gasteiger charge is -2.20. The van der Waals surface area contributed by atoms with E-state index in [-0.39, 0.29) is 5.56 Å². The topological polar surface area (TPSA) is 12.0 Å². The van der Waals surface area contributed by atoms with Gasteiger partial charge >= 0.3 is 0 Å². The maximum atomic E-state index is 14.0. The first-order valence-electron chi connectivity index (χ1n) is 6.93. The van der Waals surface area contributed by atoms with E-state index in [9.17, 15) is 8.78 Å². The summed E-state index contributed by atoms with van der Waals surface area (Å²) >= 11 is 0. The Kier molecular flexibility index (Phi) is 4.85. The lowest BCUT2D eigenvalue weighted by Crippen LogP contribution is -2.24. The summed E-state index contributed by atoms with van der Waals surface area (Å²) in [5.41, 5.74) is 2.16. The molecule has 2 rings (SSSR count). The molecule has 106 valence electrons. The molecule has 0 heterocycles. The van der Waals surface area contributed by atoms with Gasteiger partial charge in [-0.25, -0.2) is 8.78 Å². The molecule has 0 saturated carbocycles. The molecule has 1 atom stereocenters. The van der Waals surface area contributed by atoms with Crippen LogP contribution < -0.4 is 5.32 Å². The Hall–Kier alpha value is -1.74. The SMILES string of the molecule is CCNC(c1ccc(CC)cc1)c1c(F)cccc1F. The van der Waals surface area contributed by atoms with Gasteiger partial charge in [0.05, 0.1) is 6.04 Å². The largest absolute Gasteiger partial charge is 0.306 e. The predicted molar refractivity (Wildman–Crippen MR) is 77.7 cm³/mol. The summed E-state index contributed by atoms with van der Waals surface area (Å²) in [7, 11) is 0. The number of rotatable bonds is 5. The number of hydrogen-bond donors (Lipinski definition) is 1. The first kappa shape index (κ1) is 14.7. The summed E-state index contributed by atoms with van der Waals surface area (Å²) < 4.78 is 27.9. The van der Waals surface area contributed by atoms with Gasteiger partial charge in [-0.1, -0.05) is 44.2 Å². The Morgan fingerprint density at radius 2 is 1.55 bits per heavy atom. The smallest absolute Gasteiger partial charge is 0.131 e. The Morgan fingerprint density at radius 1 is 0.950 bits per heavy atom. The van der Waals surface area contributed by atoms with Crippen LogP contribution in [0.15, 0.2) is 42.5 Å². The van der Waals surface area contributed by atoms with Crippen LogP contribution in [0.5, 0.6) is 0 Å². The van der Waals surface area contributed by atoms with Gasteiger partial charge in [0, 0.05) is 5.56 Å². The van der Waals surface area contributed by atoms with Crippen LogP contribution >= 0.6 is 0 Å². The normalized spacial score (nSPS) is 12.4. The van der Waals surface area contributed by atoms with Crippen LogP contribution in [0.25, 0.3) is 0 Å². The van der Waals surface area contributed by atoms with E-state index in [1.807, 2.05) is 31.2 Å². The van der Waals surface area contributed by atoms with Crippen molar-refractivity contribution in [2.75, 3.05) is 6.54 Å². The summed E-state index contributed by atoms with van der Waals surface area (Å²) in [5, 5.41) is 3.15. The van der Waals surface area contributed by atoms with Gasteiger partial charge in [0.15, 0.2) is 0 Å². The van der Waals surface area contributed by atoms with Crippen LogP contribution in [-0.4, -0.2) is 6.54 Å². The Balaban J connectivity index is 2.44. The van der Waals surface area contributed by atoms with E-state index in [1.54, 1.807) is 0 Å². The Bertz CT molecular complexity index is 543. The Morgan fingerprint density at radius 3 is 2.05 bits per heavy atom.